The molecule has 5 nitrogen and oxygen atoms in total. The first-order valence-corrected chi connectivity index (χ1v) is 12.5. The van der Waals surface area contributed by atoms with E-state index in [0.29, 0.717) is 0 Å². The summed E-state index contributed by atoms with van der Waals surface area (Å²) in [7, 11) is 4.93. The largest absolute Gasteiger partial charge is 0.381 e. The Hall–Kier alpha value is -0.460. The minimum Gasteiger partial charge on any atom is -0.381 e. The van der Waals surface area contributed by atoms with Crippen LogP contribution in [0.25, 0.3) is 0 Å². The summed E-state index contributed by atoms with van der Waals surface area (Å²) in [5, 5.41) is 0. The molecule has 0 aliphatic carbocycles. The Labute approximate surface area is 185 Å². The predicted molar refractivity (Wildman–Crippen MR) is 122 cm³/mol. The highest BCUT2D eigenvalue weighted by Crippen LogP contribution is 2.29. The molecule has 0 spiro atoms. The summed E-state index contributed by atoms with van der Waals surface area (Å²) in [5.74, 6) is 1.49. The predicted octanol–water partition coefficient (Wildman–Crippen LogP) is 3.49. The maximum Gasteiger partial charge on any atom is 0.102 e. The SMILES string of the molecule is C/C(=C\CCC(C)C(CC[N+]1(C)CCOCC1)[N+]1(C)CCOCC1)C1CCOCC1. The van der Waals surface area contributed by atoms with Crippen molar-refractivity contribution in [3.05, 3.63) is 11.6 Å². The summed E-state index contributed by atoms with van der Waals surface area (Å²) in [6.45, 7) is 16.4. The number of quaternary nitrogens is 2. The molecule has 3 aliphatic rings. The Morgan fingerprint density at radius 2 is 1.43 bits per heavy atom. The first kappa shape index (κ1) is 24.2. The van der Waals surface area contributed by atoms with Crippen molar-refractivity contribution in [1.29, 1.82) is 0 Å². The molecule has 0 saturated carbocycles. The van der Waals surface area contributed by atoms with Crippen LogP contribution in [0.4, 0.5) is 0 Å². The minimum absolute atomic E-state index is 0.725. The number of morpholine rings is 2. The molecule has 0 aromatic rings. The van der Waals surface area contributed by atoms with E-state index < -0.39 is 0 Å². The van der Waals surface area contributed by atoms with Gasteiger partial charge in [0.05, 0.1) is 53.1 Å². The van der Waals surface area contributed by atoms with Crippen molar-refractivity contribution in [2.75, 3.05) is 86.5 Å². The molecule has 3 rings (SSSR count). The second kappa shape index (κ2) is 11.4. The highest BCUT2D eigenvalue weighted by molar-refractivity contribution is 5.04. The fourth-order valence-electron chi connectivity index (χ4n) is 5.84. The van der Waals surface area contributed by atoms with Crippen LogP contribution < -0.4 is 0 Å². The molecule has 174 valence electrons. The van der Waals surface area contributed by atoms with Gasteiger partial charge in [-0.2, -0.15) is 0 Å². The Balaban J connectivity index is 1.58. The molecule has 3 heterocycles. The number of rotatable bonds is 9. The number of allylic oxidation sites excluding steroid dienone is 2. The second-order valence-corrected chi connectivity index (χ2v) is 10.7. The van der Waals surface area contributed by atoms with Gasteiger partial charge in [-0.05, 0) is 38.5 Å². The molecule has 3 fully saturated rings. The molecule has 2 unspecified atom stereocenters. The Morgan fingerprint density at radius 1 is 0.867 bits per heavy atom. The quantitative estimate of drug-likeness (QED) is 0.419. The van der Waals surface area contributed by atoms with E-state index in [4.69, 9.17) is 14.2 Å². The molecule has 0 N–H and O–H groups in total. The van der Waals surface area contributed by atoms with E-state index in [2.05, 4.69) is 34.0 Å². The standard InChI is InChI=1S/C25H48N2O3/c1-22(24-9-16-28-17-10-24)6-5-7-23(2)25(27(4)14-20-30-21-15-27)8-11-26(3)12-18-29-19-13-26/h6,23-25H,5,7-21H2,1-4H3/q+2/b22-6+. The molecule has 3 saturated heterocycles. The van der Waals surface area contributed by atoms with Crippen LogP contribution in [-0.4, -0.2) is 101 Å². The van der Waals surface area contributed by atoms with Crippen molar-refractivity contribution in [1.82, 2.24) is 0 Å². The molecule has 30 heavy (non-hydrogen) atoms. The lowest BCUT2D eigenvalue weighted by molar-refractivity contribution is -0.954. The van der Waals surface area contributed by atoms with Crippen LogP contribution in [0.15, 0.2) is 11.6 Å². The van der Waals surface area contributed by atoms with Gasteiger partial charge >= 0.3 is 0 Å². The minimum atomic E-state index is 0.725. The maximum absolute atomic E-state index is 5.73. The van der Waals surface area contributed by atoms with E-state index in [9.17, 15) is 0 Å². The Bertz CT molecular complexity index is 533. The topological polar surface area (TPSA) is 27.7 Å². The molecule has 0 bridgehead atoms. The van der Waals surface area contributed by atoms with Gasteiger partial charge in [0.25, 0.3) is 0 Å². The van der Waals surface area contributed by atoms with Gasteiger partial charge in [0.2, 0.25) is 0 Å². The molecular weight excluding hydrogens is 376 g/mol. The fourth-order valence-corrected chi connectivity index (χ4v) is 5.84. The van der Waals surface area contributed by atoms with Crippen molar-refractivity contribution >= 4 is 0 Å². The van der Waals surface area contributed by atoms with Gasteiger partial charge < -0.3 is 23.2 Å². The van der Waals surface area contributed by atoms with E-state index in [-0.39, 0.29) is 0 Å². The van der Waals surface area contributed by atoms with Gasteiger partial charge in [-0.25, -0.2) is 0 Å². The summed E-state index contributed by atoms with van der Waals surface area (Å²) in [6.07, 6.45) is 8.78. The zero-order valence-corrected chi connectivity index (χ0v) is 20.2. The molecule has 3 aliphatic heterocycles. The normalized spacial score (nSPS) is 27.5. The lowest BCUT2D eigenvalue weighted by atomic mass is 9.88. The van der Waals surface area contributed by atoms with Gasteiger partial charge in [0, 0.05) is 25.6 Å². The van der Waals surface area contributed by atoms with Crippen LogP contribution in [0.1, 0.15) is 46.0 Å². The first-order valence-electron chi connectivity index (χ1n) is 12.5. The van der Waals surface area contributed by atoms with E-state index >= 15 is 0 Å². The van der Waals surface area contributed by atoms with Crippen molar-refractivity contribution in [3.8, 4) is 0 Å². The summed E-state index contributed by atoms with van der Waals surface area (Å²) in [6, 6.07) is 0.725. The third kappa shape index (κ3) is 6.77. The van der Waals surface area contributed by atoms with Crippen molar-refractivity contribution in [2.45, 2.75) is 52.0 Å². The molecule has 2 atom stereocenters. The Morgan fingerprint density at radius 3 is 2.07 bits per heavy atom. The van der Waals surface area contributed by atoms with Crippen molar-refractivity contribution in [2.24, 2.45) is 11.8 Å². The summed E-state index contributed by atoms with van der Waals surface area (Å²) in [5.41, 5.74) is 1.60. The number of likely N-dealkylation sites (N-methyl/N-ethyl adjacent to an activating group) is 2. The molecule has 0 aromatic carbocycles. The number of hydrogen-bond donors (Lipinski definition) is 0. The maximum atomic E-state index is 5.73. The smallest absolute Gasteiger partial charge is 0.102 e. The molecule has 5 heteroatoms. The highest BCUT2D eigenvalue weighted by Gasteiger charge is 2.39. The van der Waals surface area contributed by atoms with Crippen LogP contribution in [0.5, 0.6) is 0 Å². The van der Waals surface area contributed by atoms with Crippen LogP contribution in [0, 0.1) is 11.8 Å². The Kier molecular flexibility index (Phi) is 9.21. The van der Waals surface area contributed by atoms with Crippen LogP contribution in [-0.2, 0) is 14.2 Å². The number of nitrogens with zero attached hydrogens (tertiary/aromatic N) is 2. The third-order valence-electron chi connectivity index (χ3n) is 8.42. The van der Waals surface area contributed by atoms with E-state index in [1.54, 1.807) is 5.57 Å². The molecule has 0 radical (unpaired) electrons. The molecule has 0 aromatic heterocycles. The lowest BCUT2D eigenvalue weighted by Crippen LogP contribution is -2.62. The fraction of sp³-hybridized carbons (Fsp3) is 0.920. The molecule has 0 amide bonds. The van der Waals surface area contributed by atoms with Gasteiger partial charge in [0.15, 0.2) is 0 Å². The van der Waals surface area contributed by atoms with Crippen molar-refractivity contribution in [3.63, 3.8) is 0 Å². The second-order valence-electron chi connectivity index (χ2n) is 10.7. The van der Waals surface area contributed by atoms with Gasteiger partial charge in [-0.1, -0.05) is 18.6 Å². The lowest BCUT2D eigenvalue weighted by Gasteiger charge is -2.48. The highest BCUT2D eigenvalue weighted by atomic mass is 16.5. The van der Waals surface area contributed by atoms with Crippen molar-refractivity contribution < 1.29 is 23.2 Å². The summed E-state index contributed by atoms with van der Waals surface area (Å²) < 4.78 is 19.3. The summed E-state index contributed by atoms with van der Waals surface area (Å²) >= 11 is 0. The van der Waals surface area contributed by atoms with Crippen LogP contribution >= 0.6 is 0 Å². The van der Waals surface area contributed by atoms with Crippen LogP contribution in [0.3, 0.4) is 0 Å². The van der Waals surface area contributed by atoms with Crippen LogP contribution in [0.2, 0.25) is 0 Å². The average Bonchev–Trinajstić information content (AvgIpc) is 2.75. The van der Waals surface area contributed by atoms with E-state index in [1.807, 2.05) is 0 Å². The van der Waals surface area contributed by atoms with Gasteiger partial charge in [0.1, 0.15) is 26.2 Å². The summed E-state index contributed by atoms with van der Waals surface area (Å²) in [4.78, 5) is 0. The third-order valence-corrected chi connectivity index (χ3v) is 8.42. The van der Waals surface area contributed by atoms with E-state index in [1.165, 1.54) is 73.8 Å². The van der Waals surface area contributed by atoms with E-state index in [0.717, 1.165) is 57.5 Å². The first-order chi connectivity index (χ1) is 14.4. The molecular formula is C25H48N2O3+2. The monoisotopic (exact) mass is 424 g/mol. The number of hydrogen-bond acceptors (Lipinski definition) is 3. The number of ether oxygens (including phenoxy) is 3. The zero-order chi connectivity index (χ0) is 21.5. The van der Waals surface area contributed by atoms with Gasteiger partial charge in [-0.15, -0.1) is 0 Å². The zero-order valence-electron chi connectivity index (χ0n) is 20.2. The van der Waals surface area contributed by atoms with Gasteiger partial charge in [-0.3, -0.25) is 0 Å². The average molecular weight is 425 g/mol.